The second-order valence-electron chi connectivity index (χ2n) is 14.8. The van der Waals surface area contributed by atoms with E-state index in [2.05, 4.69) is 6.92 Å². The van der Waals surface area contributed by atoms with Crippen molar-refractivity contribution < 1.29 is 51.4 Å². The van der Waals surface area contributed by atoms with Gasteiger partial charge in [-0.05, 0) is 85.1 Å². The number of hydrogen-bond donors (Lipinski definition) is 2. The van der Waals surface area contributed by atoms with Crippen LogP contribution in [-0.4, -0.2) is 57.9 Å². The fourth-order valence-electron chi connectivity index (χ4n) is 6.19. The van der Waals surface area contributed by atoms with Crippen LogP contribution in [0, 0.1) is 33.8 Å². The normalized spacial score (nSPS) is 28.9. The van der Waals surface area contributed by atoms with E-state index in [0.717, 1.165) is 19.3 Å². The molecule has 3 unspecified atom stereocenters. The first-order valence-corrected chi connectivity index (χ1v) is 19.0. The fraction of sp³-hybridized carbons (Fsp3) is 0.806. The number of hydrogen-bond acceptors (Lipinski definition) is 10. The van der Waals surface area contributed by atoms with Gasteiger partial charge in [0.1, 0.15) is 6.10 Å². The van der Waals surface area contributed by atoms with Gasteiger partial charge in [-0.3, -0.25) is 28.2 Å². The van der Waals surface area contributed by atoms with Gasteiger partial charge in [-0.15, -0.1) is 0 Å². The van der Waals surface area contributed by atoms with Gasteiger partial charge in [-0.2, -0.15) is 0 Å². The third kappa shape index (κ3) is 13.0. The van der Waals surface area contributed by atoms with E-state index in [0.29, 0.717) is 18.9 Å². The zero-order valence-corrected chi connectivity index (χ0v) is 30.1. The second kappa shape index (κ2) is 16.0. The highest BCUT2D eigenvalue weighted by atomic mass is 31.2. The van der Waals surface area contributed by atoms with E-state index < -0.39 is 45.0 Å². The number of para-hydroxylation sites is 1. The molecule has 1 aromatic carbocycles. The number of phosphoric ester groups is 2. The molecule has 2 aliphatic carbocycles. The summed E-state index contributed by atoms with van der Waals surface area (Å²) in [6.07, 6.45) is 0.453. The number of benzene rings is 1. The first kappa shape index (κ1) is 39.2. The van der Waals surface area contributed by atoms with Gasteiger partial charge < -0.3 is 19.3 Å². The van der Waals surface area contributed by atoms with E-state index in [1.807, 2.05) is 48.5 Å². The summed E-state index contributed by atoms with van der Waals surface area (Å²) in [5, 5.41) is 11.8. The predicted molar refractivity (Wildman–Crippen MR) is 172 cm³/mol. The second-order valence-corrected chi connectivity index (χ2v) is 17.6. The van der Waals surface area contributed by atoms with E-state index in [4.69, 9.17) is 27.6 Å². The Hall–Kier alpha value is -1.24. The van der Waals surface area contributed by atoms with Crippen molar-refractivity contribution in [3.8, 4) is 0 Å². The van der Waals surface area contributed by atoms with E-state index in [1.54, 1.807) is 0 Å². The average Bonchev–Trinajstić information content (AvgIpc) is 3.43. The molecule has 0 radical (unpaired) electrons. The number of nitro groups is 1. The SMILES string of the molecule is C[C@@H]1C[C@H](COP(=O)(O)OC(CCOP(=O)(O)O[C@@H]2C[C@H](C)C[C@@H]2COC(C)(C)C)c2ccccc2[N+](=O)[O-])[C@H](OC(C)(C)C)C1. The van der Waals surface area contributed by atoms with E-state index in [9.17, 15) is 29.0 Å². The van der Waals surface area contributed by atoms with Crippen molar-refractivity contribution in [2.24, 2.45) is 23.7 Å². The monoisotopic (exact) mass is 693 g/mol. The fourth-order valence-corrected chi connectivity index (χ4v) is 8.17. The summed E-state index contributed by atoms with van der Waals surface area (Å²) in [6, 6.07) is 5.62. The van der Waals surface area contributed by atoms with Gasteiger partial charge in [0.25, 0.3) is 5.69 Å². The number of phosphoric acid groups is 2. The Kier molecular flexibility index (Phi) is 13.6. The molecule has 264 valence electrons. The molecule has 0 aliphatic heterocycles. The van der Waals surface area contributed by atoms with E-state index in [1.165, 1.54) is 24.3 Å². The first-order chi connectivity index (χ1) is 21.1. The van der Waals surface area contributed by atoms with Crippen LogP contribution in [0.2, 0.25) is 0 Å². The average molecular weight is 694 g/mol. The Bertz CT molecular complexity index is 1250. The largest absolute Gasteiger partial charge is 0.472 e. The third-order valence-corrected chi connectivity index (χ3v) is 10.1. The number of ether oxygens (including phenoxy) is 2. The van der Waals surface area contributed by atoms with Gasteiger partial charge in [0.2, 0.25) is 0 Å². The van der Waals surface area contributed by atoms with Crippen LogP contribution in [0.15, 0.2) is 24.3 Å². The summed E-state index contributed by atoms with van der Waals surface area (Å²) in [4.78, 5) is 32.5. The van der Waals surface area contributed by atoms with Crippen molar-refractivity contribution in [2.45, 2.75) is 117 Å². The minimum Gasteiger partial charge on any atom is -0.375 e. The quantitative estimate of drug-likeness (QED) is 0.0980. The molecule has 0 aromatic heterocycles. The maximum Gasteiger partial charge on any atom is 0.472 e. The highest BCUT2D eigenvalue weighted by molar-refractivity contribution is 7.47. The molecule has 13 nitrogen and oxygen atoms in total. The Labute approximate surface area is 273 Å². The molecule has 2 N–H and O–H groups in total. The number of nitro benzene ring substituents is 1. The minimum absolute atomic E-state index is 0.00453. The molecule has 1 aromatic rings. The third-order valence-electron chi connectivity index (χ3n) is 8.06. The Morgan fingerprint density at radius 3 is 2.04 bits per heavy atom. The van der Waals surface area contributed by atoms with Crippen molar-refractivity contribution in [1.82, 2.24) is 0 Å². The molecule has 2 aliphatic rings. The lowest BCUT2D eigenvalue weighted by atomic mass is 10.1. The van der Waals surface area contributed by atoms with Crippen LogP contribution in [0.25, 0.3) is 0 Å². The molecule has 0 saturated heterocycles. The minimum atomic E-state index is -4.77. The Morgan fingerprint density at radius 2 is 1.46 bits per heavy atom. The van der Waals surface area contributed by atoms with Crippen LogP contribution < -0.4 is 0 Å². The van der Waals surface area contributed by atoms with E-state index >= 15 is 0 Å². The van der Waals surface area contributed by atoms with Gasteiger partial charge in [-0.1, -0.05) is 26.0 Å². The standard InChI is InChI=1S/C31H53NO12P2/c1-21-16-24(28(17-21)42-31(6,7)8)20-41-46(37,38)43-27(25-11-9-10-12-26(25)32(33)34)13-14-40-45(35,36)44-29-18-22(2)15-23(29)19-39-30(3,4)5/h9-12,21-24,27-29H,13-20H2,1-8H3,(H,35,36)(H,37,38)/t21-,22-,23-,24-,27?,28-,29-/m1/s1. The van der Waals surface area contributed by atoms with Crippen LogP contribution in [0.1, 0.15) is 99.2 Å². The molecule has 3 rings (SSSR count). The molecule has 2 fully saturated rings. The summed E-state index contributed by atoms with van der Waals surface area (Å²) in [5.74, 6) is 0.341. The molecule has 0 amide bonds. The molecule has 0 bridgehead atoms. The lowest BCUT2D eigenvalue weighted by Crippen LogP contribution is -2.31. The first-order valence-electron chi connectivity index (χ1n) is 16.0. The summed E-state index contributed by atoms with van der Waals surface area (Å²) in [6.45, 7) is 15.5. The van der Waals surface area contributed by atoms with Crippen molar-refractivity contribution in [2.75, 3.05) is 19.8 Å². The number of rotatable bonds is 16. The molecular formula is C31H53NO12P2. The van der Waals surface area contributed by atoms with Crippen molar-refractivity contribution in [1.29, 1.82) is 0 Å². The summed E-state index contributed by atoms with van der Waals surface area (Å²) >= 11 is 0. The van der Waals surface area contributed by atoms with E-state index in [-0.39, 0.29) is 53.7 Å². The van der Waals surface area contributed by atoms with Gasteiger partial charge >= 0.3 is 15.6 Å². The van der Waals surface area contributed by atoms with Gasteiger partial charge in [0.15, 0.2) is 0 Å². The molecule has 0 spiro atoms. The zero-order chi connectivity index (χ0) is 34.5. The Balaban J connectivity index is 1.68. The highest BCUT2D eigenvalue weighted by Gasteiger charge is 2.41. The van der Waals surface area contributed by atoms with Crippen LogP contribution in [0.4, 0.5) is 5.69 Å². The molecule has 9 atom stereocenters. The molecular weight excluding hydrogens is 640 g/mol. The molecule has 46 heavy (non-hydrogen) atoms. The van der Waals surface area contributed by atoms with Crippen molar-refractivity contribution >= 4 is 21.3 Å². The molecule has 0 heterocycles. The maximum atomic E-state index is 13.2. The summed E-state index contributed by atoms with van der Waals surface area (Å²) < 4.78 is 60.0. The summed E-state index contributed by atoms with van der Waals surface area (Å²) in [5.41, 5.74) is -1.13. The molecule has 2 saturated carbocycles. The highest BCUT2D eigenvalue weighted by Crippen LogP contribution is 2.53. The van der Waals surface area contributed by atoms with Crippen molar-refractivity contribution in [3.63, 3.8) is 0 Å². The smallest absolute Gasteiger partial charge is 0.375 e. The number of nitrogens with zero attached hydrogens (tertiary/aromatic N) is 1. The van der Waals surface area contributed by atoms with Crippen molar-refractivity contribution in [3.05, 3.63) is 39.9 Å². The lowest BCUT2D eigenvalue weighted by molar-refractivity contribution is -0.386. The Morgan fingerprint density at radius 1 is 0.870 bits per heavy atom. The molecule has 15 heteroatoms. The van der Waals surface area contributed by atoms with Crippen LogP contribution in [-0.2, 0) is 36.7 Å². The summed E-state index contributed by atoms with van der Waals surface area (Å²) in [7, 11) is -9.35. The lowest BCUT2D eigenvalue weighted by Gasteiger charge is -2.29. The van der Waals surface area contributed by atoms with Crippen LogP contribution >= 0.6 is 15.6 Å². The topological polar surface area (TPSA) is 173 Å². The van der Waals surface area contributed by atoms with Gasteiger partial charge in [0.05, 0.1) is 53.7 Å². The van der Waals surface area contributed by atoms with Gasteiger partial charge in [-0.25, -0.2) is 9.13 Å². The predicted octanol–water partition coefficient (Wildman–Crippen LogP) is 7.75. The maximum absolute atomic E-state index is 13.2. The van der Waals surface area contributed by atoms with Crippen LogP contribution in [0.3, 0.4) is 0 Å². The van der Waals surface area contributed by atoms with Crippen LogP contribution in [0.5, 0.6) is 0 Å². The zero-order valence-electron chi connectivity index (χ0n) is 28.3. The van der Waals surface area contributed by atoms with Gasteiger partial charge in [0, 0.05) is 24.3 Å².